The minimum Gasteiger partial charge on any atom is -0.517 e. The number of hydrogen-bond acceptors (Lipinski definition) is 6. The van der Waals surface area contributed by atoms with E-state index < -0.39 is 0 Å². The molecular weight excluding hydrogens is 267 g/mol. The van der Waals surface area contributed by atoms with Crippen molar-refractivity contribution >= 4 is 58.5 Å². The Morgan fingerprint density at radius 2 is 1.09 bits per heavy atom. The SMILES string of the molecule is COC(=S)[S-].COC(=S)[S-].[Co+2]. The summed E-state index contributed by atoms with van der Waals surface area (Å²) in [5, 5.41) is 0. The van der Waals surface area contributed by atoms with E-state index in [2.05, 4.69) is 59.2 Å². The molecule has 0 aliphatic rings. The summed E-state index contributed by atoms with van der Waals surface area (Å²) < 4.78 is 8.94. The van der Waals surface area contributed by atoms with E-state index in [1.165, 1.54) is 14.2 Å². The van der Waals surface area contributed by atoms with Crippen LogP contribution in [0.2, 0.25) is 0 Å². The zero-order chi connectivity index (χ0) is 8.57. The van der Waals surface area contributed by atoms with Crippen LogP contribution in [0.5, 0.6) is 0 Å². The predicted octanol–water partition coefficient (Wildman–Crippen LogP) is 0.927. The van der Waals surface area contributed by atoms with Crippen molar-refractivity contribution in [1.29, 1.82) is 0 Å². The summed E-state index contributed by atoms with van der Waals surface area (Å²) in [6.45, 7) is 0. The van der Waals surface area contributed by atoms with Gasteiger partial charge in [-0.2, -0.15) is 0 Å². The normalized spacial score (nSPS) is 6.00. The van der Waals surface area contributed by atoms with Crippen LogP contribution in [0.25, 0.3) is 0 Å². The van der Waals surface area contributed by atoms with E-state index >= 15 is 0 Å². The molecule has 11 heavy (non-hydrogen) atoms. The Balaban J connectivity index is -0.000000107. The van der Waals surface area contributed by atoms with Gasteiger partial charge in [0.15, 0.2) is 0 Å². The van der Waals surface area contributed by atoms with Crippen LogP contribution in [0.4, 0.5) is 0 Å². The maximum atomic E-state index is 4.30. The molecule has 1 radical (unpaired) electrons. The molecule has 0 aromatic heterocycles. The molecule has 0 unspecified atom stereocenters. The zero-order valence-corrected chi connectivity index (χ0v) is 10.1. The first-order chi connectivity index (χ1) is 4.54. The van der Waals surface area contributed by atoms with Crippen LogP contribution in [-0.2, 0) is 51.5 Å². The molecule has 0 rings (SSSR count). The van der Waals surface area contributed by atoms with Crippen LogP contribution in [0.1, 0.15) is 0 Å². The Kier molecular flexibility index (Phi) is 21.5. The second-order valence-corrected chi connectivity index (χ2v) is 2.91. The topological polar surface area (TPSA) is 18.5 Å². The fourth-order valence-electron chi connectivity index (χ4n) is 0. The second-order valence-electron chi connectivity index (χ2n) is 0.908. The quantitative estimate of drug-likeness (QED) is 0.479. The Bertz CT molecular complexity index is 105. The number of methoxy groups -OCH3 is 2. The summed E-state index contributed by atoms with van der Waals surface area (Å²) in [4.78, 5) is 0. The van der Waals surface area contributed by atoms with Crippen molar-refractivity contribution < 1.29 is 26.3 Å². The third kappa shape index (κ3) is 36.6. The van der Waals surface area contributed by atoms with Gasteiger partial charge >= 0.3 is 16.8 Å². The van der Waals surface area contributed by atoms with E-state index in [-0.39, 0.29) is 25.5 Å². The average molecular weight is 273 g/mol. The maximum Gasteiger partial charge on any atom is 2.00 e. The zero-order valence-electron chi connectivity index (χ0n) is 5.78. The fourth-order valence-corrected chi connectivity index (χ4v) is 0. The first kappa shape index (κ1) is 17.7. The molecule has 0 bridgehead atoms. The Labute approximate surface area is 98.4 Å². The number of rotatable bonds is 0. The molecule has 0 saturated carbocycles. The Morgan fingerprint density at radius 1 is 1.00 bits per heavy atom. The van der Waals surface area contributed by atoms with Crippen molar-refractivity contribution in [3.63, 3.8) is 0 Å². The van der Waals surface area contributed by atoms with E-state index in [4.69, 9.17) is 0 Å². The largest absolute Gasteiger partial charge is 2.00 e. The first-order valence-corrected chi connectivity index (χ1v) is 3.67. The van der Waals surface area contributed by atoms with Crippen molar-refractivity contribution in [1.82, 2.24) is 0 Å². The van der Waals surface area contributed by atoms with Gasteiger partial charge in [0, 0.05) is 8.77 Å². The first-order valence-electron chi connectivity index (χ1n) is 2.04. The number of thiocarbonyl (C=S) groups is 2. The van der Waals surface area contributed by atoms with Crippen LogP contribution in [0.3, 0.4) is 0 Å². The van der Waals surface area contributed by atoms with Gasteiger partial charge in [-0.25, -0.2) is 0 Å². The third-order valence-electron chi connectivity index (χ3n) is 0.333. The molecule has 0 fully saturated rings. The Hall–Kier alpha value is 0.726. The summed E-state index contributed by atoms with van der Waals surface area (Å²) >= 11 is 17.2. The smallest absolute Gasteiger partial charge is 0.517 e. The second kappa shape index (κ2) is 13.3. The van der Waals surface area contributed by atoms with Gasteiger partial charge in [-0.3, -0.25) is 0 Å². The van der Waals surface area contributed by atoms with Crippen molar-refractivity contribution in [2.75, 3.05) is 14.2 Å². The molecule has 0 aromatic carbocycles. The summed E-state index contributed by atoms with van der Waals surface area (Å²) in [7, 11) is 2.91. The average Bonchev–Trinajstić information content (AvgIpc) is 1.89. The molecule has 0 aromatic rings. The van der Waals surface area contributed by atoms with Crippen LogP contribution < -0.4 is 0 Å². The summed E-state index contributed by atoms with van der Waals surface area (Å²) in [5.74, 6) is 0. The molecule has 0 atom stereocenters. The molecule has 2 nitrogen and oxygen atoms in total. The molecule has 0 heterocycles. The third-order valence-corrected chi connectivity index (χ3v) is 1.00. The minimum atomic E-state index is 0. The maximum absolute atomic E-state index is 4.30. The van der Waals surface area contributed by atoms with Gasteiger partial charge in [-0.1, -0.05) is 0 Å². The van der Waals surface area contributed by atoms with Gasteiger partial charge in [-0.15, -0.1) is 0 Å². The van der Waals surface area contributed by atoms with Gasteiger partial charge < -0.3 is 59.2 Å². The van der Waals surface area contributed by atoms with Crippen LogP contribution in [0.15, 0.2) is 0 Å². The van der Waals surface area contributed by atoms with Gasteiger partial charge in [0.05, 0.1) is 14.2 Å². The summed E-state index contributed by atoms with van der Waals surface area (Å²) in [6.07, 6.45) is 0. The van der Waals surface area contributed by atoms with Crippen molar-refractivity contribution in [2.45, 2.75) is 0 Å². The monoisotopic (exact) mass is 273 g/mol. The van der Waals surface area contributed by atoms with Crippen molar-refractivity contribution in [3.05, 3.63) is 0 Å². The molecule has 0 amide bonds. The minimum absolute atomic E-state index is 0. The van der Waals surface area contributed by atoms with Crippen molar-refractivity contribution in [3.8, 4) is 0 Å². The van der Waals surface area contributed by atoms with E-state index in [9.17, 15) is 0 Å². The van der Waals surface area contributed by atoms with Crippen LogP contribution in [-0.4, -0.2) is 23.0 Å². The Morgan fingerprint density at radius 3 is 1.09 bits per heavy atom. The van der Waals surface area contributed by atoms with Gasteiger partial charge in [-0.05, 0) is 0 Å². The number of ether oxygens (including phenoxy) is 2. The van der Waals surface area contributed by atoms with Gasteiger partial charge in [0.2, 0.25) is 0 Å². The predicted molar refractivity (Wildman–Crippen MR) is 53.9 cm³/mol. The van der Waals surface area contributed by atoms with Crippen molar-refractivity contribution in [2.24, 2.45) is 0 Å². The van der Waals surface area contributed by atoms with Crippen LogP contribution >= 0.6 is 24.4 Å². The molecule has 0 aliphatic heterocycles. The molecule has 67 valence electrons. The van der Waals surface area contributed by atoms with E-state index in [1.807, 2.05) is 0 Å². The molecule has 0 spiro atoms. The van der Waals surface area contributed by atoms with Gasteiger partial charge in [0.1, 0.15) is 0 Å². The molecule has 0 N–H and O–H groups in total. The molecule has 0 aliphatic carbocycles. The summed E-state index contributed by atoms with van der Waals surface area (Å²) in [5.41, 5.74) is 0. The molecule has 7 heteroatoms. The fraction of sp³-hybridized carbons (Fsp3) is 0.500. The van der Waals surface area contributed by atoms with E-state index in [1.54, 1.807) is 0 Å². The van der Waals surface area contributed by atoms with Gasteiger partial charge in [0.25, 0.3) is 0 Å². The standard InChI is InChI=1S/2C2H4OS2.Co/c2*1-3-2(4)5;/h2*1H3,(H,4,5);/q;;+2/p-2. The molecule has 0 saturated heterocycles. The summed E-state index contributed by atoms with van der Waals surface area (Å²) in [6, 6.07) is 0. The van der Waals surface area contributed by atoms with Crippen LogP contribution in [0, 0.1) is 0 Å². The number of hydrogen-bond donors (Lipinski definition) is 0. The van der Waals surface area contributed by atoms with E-state index in [0.29, 0.717) is 0 Å². The molecular formula is C4H6CoO2S4. The van der Waals surface area contributed by atoms with E-state index in [0.717, 1.165) is 0 Å².